The van der Waals surface area contributed by atoms with E-state index in [1.54, 1.807) is 0 Å². The van der Waals surface area contributed by atoms with Crippen LogP contribution in [0.2, 0.25) is 0 Å². The number of hydrogen-bond acceptors (Lipinski definition) is 2. The molecular weight excluding hydrogens is 154 g/mol. The Bertz CT molecular complexity index is 199. The highest BCUT2D eigenvalue weighted by molar-refractivity contribution is 5.78. The standard InChI is InChI=1S/C9H15NO2/c1-6(2)12-7(3)8-4-9(11)10-5-8/h6,8H,3-5H2,1-2H3,(H,10,11). The van der Waals surface area contributed by atoms with E-state index in [0.717, 1.165) is 5.76 Å². The van der Waals surface area contributed by atoms with Crippen LogP contribution >= 0.6 is 0 Å². The fourth-order valence-corrected chi connectivity index (χ4v) is 1.23. The molecule has 1 heterocycles. The number of amides is 1. The van der Waals surface area contributed by atoms with E-state index in [-0.39, 0.29) is 17.9 Å². The van der Waals surface area contributed by atoms with Crippen molar-refractivity contribution in [2.45, 2.75) is 26.4 Å². The van der Waals surface area contributed by atoms with Crippen molar-refractivity contribution < 1.29 is 9.53 Å². The van der Waals surface area contributed by atoms with Crippen LogP contribution in [0.15, 0.2) is 12.3 Å². The number of ether oxygens (including phenoxy) is 1. The lowest BCUT2D eigenvalue weighted by molar-refractivity contribution is -0.119. The Hall–Kier alpha value is -0.990. The Balaban J connectivity index is 2.38. The summed E-state index contributed by atoms with van der Waals surface area (Å²) in [6.07, 6.45) is 0.666. The highest BCUT2D eigenvalue weighted by Crippen LogP contribution is 2.19. The molecule has 3 heteroatoms. The quantitative estimate of drug-likeness (QED) is 0.641. The molecule has 12 heavy (non-hydrogen) atoms. The molecule has 1 unspecified atom stereocenters. The van der Waals surface area contributed by atoms with Crippen molar-refractivity contribution in [3.63, 3.8) is 0 Å². The number of rotatable bonds is 3. The Kier molecular flexibility index (Phi) is 2.74. The molecule has 1 fully saturated rings. The molecule has 3 nitrogen and oxygen atoms in total. The zero-order valence-electron chi connectivity index (χ0n) is 7.59. The van der Waals surface area contributed by atoms with Crippen molar-refractivity contribution in [3.05, 3.63) is 12.3 Å². The molecule has 0 aliphatic carbocycles. The molecule has 0 radical (unpaired) electrons. The minimum Gasteiger partial charge on any atom is -0.496 e. The number of carbonyl (C=O) groups excluding carboxylic acids is 1. The molecule has 1 N–H and O–H groups in total. The second-order valence-electron chi connectivity index (χ2n) is 3.34. The average Bonchev–Trinajstić information content (AvgIpc) is 2.34. The van der Waals surface area contributed by atoms with Crippen molar-refractivity contribution in [1.29, 1.82) is 0 Å². The van der Waals surface area contributed by atoms with Gasteiger partial charge in [0.1, 0.15) is 0 Å². The van der Waals surface area contributed by atoms with Gasteiger partial charge in [0.15, 0.2) is 0 Å². The van der Waals surface area contributed by atoms with Gasteiger partial charge in [-0.15, -0.1) is 0 Å². The molecule has 68 valence electrons. The van der Waals surface area contributed by atoms with Gasteiger partial charge in [0, 0.05) is 18.9 Å². The first kappa shape index (κ1) is 9.10. The van der Waals surface area contributed by atoms with E-state index in [2.05, 4.69) is 11.9 Å². The summed E-state index contributed by atoms with van der Waals surface area (Å²) in [4.78, 5) is 10.8. The van der Waals surface area contributed by atoms with Gasteiger partial charge >= 0.3 is 0 Å². The molecule has 1 amide bonds. The molecule has 1 saturated heterocycles. The minimum atomic E-state index is 0.0912. The molecule has 1 rings (SSSR count). The number of nitrogens with one attached hydrogen (secondary N) is 1. The average molecular weight is 169 g/mol. The molecule has 0 aromatic rings. The maximum absolute atomic E-state index is 10.8. The van der Waals surface area contributed by atoms with Gasteiger partial charge in [0.2, 0.25) is 5.91 Å². The van der Waals surface area contributed by atoms with E-state index >= 15 is 0 Å². The van der Waals surface area contributed by atoms with Gasteiger partial charge in [0.05, 0.1) is 11.9 Å². The highest BCUT2D eigenvalue weighted by Gasteiger charge is 2.25. The van der Waals surface area contributed by atoms with E-state index < -0.39 is 0 Å². The zero-order chi connectivity index (χ0) is 9.14. The monoisotopic (exact) mass is 169 g/mol. The summed E-state index contributed by atoms with van der Waals surface area (Å²) in [5.41, 5.74) is 0. The van der Waals surface area contributed by atoms with Crippen LogP contribution in [0.1, 0.15) is 20.3 Å². The van der Waals surface area contributed by atoms with Crippen LogP contribution in [0, 0.1) is 5.92 Å². The third-order valence-corrected chi connectivity index (χ3v) is 1.82. The minimum absolute atomic E-state index is 0.0912. The lowest BCUT2D eigenvalue weighted by Gasteiger charge is -2.16. The Morgan fingerprint density at radius 1 is 1.75 bits per heavy atom. The molecule has 0 aromatic carbocycles. The van der Waals surface area contributed by atoms with E-state index in [0.29, 0.717) is 13.0 Å². The fourth-order valence-electron chi connectivity index (χ4n) is 1.23. The third kappa shape index (κ3) is 2.26. The van der Waals surface area contributed by atoms with Gasteiger partial charge < -0.3 is 10.1 Å². The Morgan fingerprint density at radius 3 is 2.83 bits per heavy atom. The van der Waals surface area contributed by atoms with Crippen molar-refractivity contribution in [2.75, 3.05) is 6.54 Å². The largest absolute Gasteiger partial charge is 0.496 e. The molecule has 1 aliphatic rings. The van der Waals surface area contributed by atoms with E-state index in [1.807, 2.05) is 13.8 Å². The summed E-state index contributed by atoms with van der Waals surface area (Å²) in [6, 6.07) is 0. The van der Waals surface area contributed by atoms with E-state index in [4.69, 9.17) is 4.74 Å². The molecule has 0 saturated carbocycles. The number of carbonyl (C=O) groups is 1. The summed E-state index contributed by atoms with van der Waals surface area (Å²) < 4.78 is 5.40. The van der Waals surface area contributed by atoms with E-state index in [1.165, 1.54) is 0 Å². The molecular formula is C9H15NO2. The predicted molar refractivity (Wildman–Crippen MR) is 46.5 cm³/mol. The Morgan fingerprint density at radius 2 is 2.42 bits per heavy atom. The second kappa shape index (κ2) is 3.61. The van der Waals surface area contributed by atoms with E-state index in [9.17, 15) is 4.79 Å². The topological polar surface area (TPSA) is 38.3 Å². The first-order valence-electron chi connectivity index (χ1n) is 4.21. The van der Waals surface area contributed by atoms with Crippen molar-refractivity contribution >= 4 is 5.91 Å². The normalized spacial score (nSPS) is 22.6. The zero-order valence-corrected chi connectivity index (χ0v) is 7.59. The summed E-state index contributed by atoms with van der Waals surface area (Å²) in [7, 11) is 0. The predicted octanol–water partition coefficient (Wildman–Crippen LogP) is 1.06. The SMILES string of the molecule is C=C(OC(C)C)C1CNC(=O)C1. The van der Waals surface area contributed by atoms with Crippen LogP contribution in [-0.2, 0) is 9.53 Å². The molecule has 0 spiro atoms. The van der Waals surface area contributed by atoms with Crippen LogP contribution in [0.25, 0.3) is 0 Å². The lowest BCUT2D eigenvalue weighted by Crippen LogP contribution is -2.15. The maximum atomic E-state index is 10.8. The number of hydrogen-bond donors (Lipinski definition) is 1. The van der Waals surface area contributed by atoms with Crippen molar-refractivity contribution in [2.24, 2.45) is 5.92 Å². The highest BCUT2D eigenvalue weighted by atomic mass is 16.5. The maximum Gasteiger partial charge on any atom is 0.220 e. The van der Waals surface area contributed by atoms with Gasteiger partial charge in [-0.05, 0) is 13.8 Å². The van der Waals surface area contributed by atoms with Crippen LogP contribution in [0.3, 0.4) is 0 Å². The first-order chi connectivity index (χ1) is 5.59. The first-order valence-corrected chi connectivity index (χ1v) is 4.21. The summed E-state index contributed by atoms with van der Waals surface area (Å²) in [5, 5.41) is 2.74. The Labute approximate surface area is 72.8 Å². The van der Waals surface area contributed by atoms with Crippen molar-refractivity contribution in [3.8, 4) is 0 Å². The molecule has 0 aromatic heterocycles. The van der Waals surface area contributed by atoms with Crippen LogP contribution in [0.4, 0.5) is 0 Å². The van der Waals surface area contributed by atoms with Crippen LogP contribution < -0.4 is 5.32 Å². The lowest BCUT2D eigenvalue weighted by atomic mass is 10.1. The van der Waals surface area contributed by atoms with Gasteiger partial charge in [-0.1, -0.05) is 6.58 Å². The van der Waals surface area contributed by atoms with Gasteiger partial charge in [-0.3, -0.25) is 4.79 Å². The van der Waals surface area contributed by atoms with Crippen LogP contribution in [0.5, 0.6) is 0 Å². The van der Waals surface area contributed by atoms with Gasteiger partial charge in [-0.2, -0.15) is 0 Å². The summed E-state index contributed by atoms with van der Waals surface area (Å²) in [6.45, 7) is 8.38. The third-order valence-electron chi connectivity index (χ3n) is 1.82. The van der Waals surface area contributed by atoms with Gasteiger partial charge in [0.25, 0.3) is 0 Å². The fraction of sp³-hybridized carbons (Fsp3) is 0.667. The summed E-state index contributed by atoms with van der Waals surface area (Å²) >= 11 is 0. The van der Waals surface area contributed by atoms with Crippen LogP contribution in [-0.4, -0.2) is 18.6 Å². The summed E-state index contributed by atoms with van der Waals surface area (Å²) in [5.74, 6) is 0.983. The molecule has 1 atom stereocenters. The second-order valence-corrected chi connectivity index (χ2v) is 3.34. The van der Waals surface area contributed by atoms with Crippen molar-refractivity contribution in [1.82, 2.24) is 5.32 Å². The van der Waals surface area contributed by atoms with Gasteiger partial charge in [-0.25, -0.2) is 0 Å². The molecule has 1 aliphatic heterocycles. The molecule has 0 bridgehead atoms. The smallest absolute Gasteiger partial charge is 0.220 e.